The van der Waals surface area contributed by atoms with Gasteiger partial charge in [0.1, 0.15) is 5.82 Å². The van der Waals surface area contributed by atoms with Crippen LogP contribution >= 0.6 is 0 Å². The normalized spacial score (nSPS) is 20.9. The number of hydrogen-bond acceptors (Lipinski definition) is 4. The number of rotatable bonds is 6. The molecule has 2 rings (SSSR count). The molecule has 1 fully saturated rings. The Kier molecular flexibility index (Phi) is 5.52. The van der Waals surface area contributed by atoms with Gasteiger partial charge in [0.05, 0.1) is 11.5 Å². The zero-order valence-electron chi connectivity index (χ0n) is 12.4. The number of carbonyl (C=O) groups is 2. The Balaban J connectivity index is 1.85. The molecule has 0 atom stereocenters. The number of pyridine rings is 1. The predicted octanol–water partition coefficient (Wildman–Crippen LogP) is 2.05. The molecule has 1 saturated carbocycles. The summed E-state index contributed by atoms with van der Waals surface area (Å²) in [6, 6.07) is 3.73. The maximum Gasteiger partial charge on any atom is 0.306 e. The van der Waals surface area contributed by atoms with Crippen molar-refractivity contribution in [1.82, 2.24) is 10.3 Å². The van der Waals surface area contributed by atoms with Gasteiger partial charge in [-0.15, -0.1) is 6.58 Å². The molecule has 1 aliphatic rings. The third kappa shape index (κ3) is 4.31. The van der Waals surface area contributed by atoms with Gasteiger partial charge in [0.25, 0.3) is 5.91 Å². The van der Waals surface area contributed by atoms with Crippen LogP contribution < -0.4 is 10.6 Å². The first-order chi connectivity index (χ1) is 10.6. The van der Waals surface area contributed by atoms with E-state index in [9.17, 15) is 9.59 Å². The lowest BCUT2D eigenvalue weighted by atomic mass is 9.86. The van der Waals surface area contributed by atoms with Crippen molar-refractivity contribution in [3.05, 3.63) is 36.5 Å². The summed E-state index contributed by atoms with van der Waals surface area (Å²) in [5.74, 6) is -0.395. The summed E-state index contributed by atoms with van der Waals surface area (Å²) in [5.41, 5.74) is 0.502. The summed E-state index contributed by atoms with van der Waals surface area (Å²) in [6.07, 6.45) is 6.17. The fourth-order valence-corrected chi connectivity index (χ4v) is 2.57. The van der Waals surface area contributed by atoms with Gasteiger partial charge >= 0.3 is 5.97 Å². The van der Waals surface area contributed by atoms with E-state index in [4.69, 9.17) is 5.11 Å². The molecule has 1 amide bonds. The highest BCUT2D eigenvalue weighted by molar-refractivity contribution is 5.94. The van der Waals surface area contributed by atoms with E-state index < -0.39 is 5.97 Å². The van der Waals surface area contributed by atoms with Gasteiger partial charge < -0.3 is 15.7 Å². The number of carbonyl (C=O) groups excluding carboxylic acids is 1. The first-order valence-corrected chi connectivity index (χ1v) is 7.44. The maximum atomic E-state index is 11.7. The number of nitrogens with one attached hydrogen (secondary N) is 2. The van der Waals surface area contributed by atoms with Crippen molar-refractivity contribution >= 4 is 17.7 Å². The Morgan fingerprint density at radius 2 is 2.05 bits per heavy atom. The quantitative estimate of drug-likeness (QED) is 0.700. The molecule has 3 N–H and O–H groups in total. The van der Waals surface area contributed by atoms with Gasteiger partial charge in [-0.05, 0) is 37.8 Å². The Bertz CT molecular complexity index is 534. The monoisotopic (exact) mass is 303 g/mol. The largest absolute Gasteiger partial charge is 0.481 e. The van der Waals surface area contributed by atoms with E-state index in [1.807, 2.05) is 0 Å². The summed E-state index contributed by atoms with van der Waals surface area (Å²) in [4.78, 5) is 26.9. The SMILES string of the molecule is C=CCNC(=O)c1ccc(NC2CCC(C(=O)O)CC2)nc1. The van der Waals surface area contributed by atoms with Crippen molar-refractivity contribution in [2.45, 2.75) is 31.7 Å². The van der Waals surface area contributed by atoms with Crippen LogP contribution in [0.25, 0.3) is 0 Å². The minimum absolute atomic E-state index is 0.180. The molecule has 0 bridgehead atoms. The van der Waals surface area contributed by atoms with E-state index in [-0.39, 0.29) is 17.9 Å². The number of aromatic nitrogens is 1. The topological polar surface area (TPSA) is 91.3 Å². The molecule has 6 nitrogen and oxygen atoms in total. The van der Waals surface area contributed by atoms with E-state index >= 15 is 0 Å². The van der Waals surface area contributed by atoms with Crippen molar-refractivity contribution in [3.8, 4) is 0 Å². The van der Waals surface area contributed by atoms with Crippen LogP contribution in [0.15, 0.2) is 31.0 Å². The van der Waals surface area contributed by atoms with E-state index in [0.29, 0.717) is 30.8 Å². The zero-order chi connectivity index (χ0) is 15.9. The summed E-state index contributed by atoms with van der Waals surface area (Å²) in [6.45, 7) is 3.97. The lowest BCUT2D eigenvalue weighted by Gasteiger charge is -2.27. The Morgan fingerprint density at radius 1 is 1.32 bits per heavy atom. The molecular formula is C16H21N3O3. The molecule has 1 aliphatic carbocycles. The number of amides is 1. The number of carboxylic acids is 1. The summed E-state index contributed by atoms with van der Waals surface area (Å²) < 4.78 is 0. The number of anilines is 1. The van der Waals surface area contributed by atoms with Gasteiger partial charge in [0, 0.05) is 18.8 Å². The standard InChI is InChI=1S/C16H21N3O3/c1-2-9-17-15(20)12-5-8-14(18-10-12)19-13-6-3-11(4-7-13)16(21)22/h2,5,8,10-11,13H,1,3-4,6-7,9H2,(H,17,20)(H,18,19)(H,21,22). The highest BCUT2D eigenvalue weighted by Crippen LogP contribution is 2.26. The van der Waals surface area contributed by atoms with Crippen molar-refractivity contribution in [2.75, 3.05) is 11.9 Å². The van der Waals surface area contributed by atoms with E-state index in [2.05, 4.69) is 22.2 Å². The molecular weight excluding hydrogens is 282 g/mol. The molecule has 0 radical (unpaired) electrons. The number of aliphatic carboxylic acids is 1. The smallest absolute Gasteiger partial charge is 0.306 e. The molecule has 118 valence electrons. The number of carboxylic acid groups (broad SMARTS) is 1. The zero-order valence-corrected chi connectivity index (χ0v) is 12.4. The Morgan fingerprint density at radius 3 is 2.59 bits per heavy atom. The second kappa shape index (κ2) is 7.59. The Hall–Kier alpha value is -2.37. The highest BCUT2D eigenvalue weighted by Gasteiger charge is 2.25. The van der Waals surface area contributed by atoms with E-state index in [1.54, 1.807) is 18.2 Å². The van der Waals surface area contributed by atoms with Crippen LogP contribution in [0.4, 0.5) is 5.82 Å². The number of nitrogens with zero attached hydrogens (tertiary/aromatic N) is 1. The van der Waals surface area contributed by atoms with Crippen molar-refractivity contribution in [2.24, 2.45) is 5.92 Å². The molecule has 1 heterocycles. The molecule has 0 saturated heterocycles. The van der Waals surface area contributed by atoms with Crippen LogP contribution in [0.5, 0.6) is 0 Å². The van der Waals surface area contributed by atoms with Crippen LogP contribution in [0.2, 0.25) is 0 Å². The van der Waals surface area contributed by atoms with Crippen LogP contribution in [0, 0.1) is 5.92 Å². The van der Waals surface area contributed by atoms with Crippen LogP contribution in [-0.2, 0) is 4.79 Å². The minimum Gasteiger partial charge on any atom is -0.481 e. The van der Waals surface area contributed by atoms with Crippen molar-refractivity contribution in [3.63, 3.8) is 0 Å². The van der Waals surface area contributed by atoms with E-state index in [0.717, 1.165) is 12.8 Å². The van der Waals surface area contributed by atoms with Gasteiger partial charge in [0.15, 0.2) is 0 Å². The summed E-state index contributed by atoms with van der Waals surface area (Å²) >= 11 is 0. The Labute approximate surface area is 129 Å². The lowest BCUT2D eigenvalue weighted by Crippen LogP contribution is -2.29. The van der Waals surface area contributed by atoms with Crippen molar-refractivity contribution in [1.29, 1.82) is 0 Å². The fraction of sp³-hybridized carbons (Fsp3) is 0.438. The van der Waals surface area contributed by atoms with E-state index in [1.165, 1.54) is 6.20 Å². The molecule has 1 aromatic heterocycles. The van der Waals surface area contributed by atoms with Crippen LogP contribution in [0.1, 0.15) is 36.0 Å². The molecule has 6 heteroatoms. The maximum absolute atomic E-state index is 11.7. The van der Waals surface area contributed by atoms with Crippen LogP contribution in [-0.4, -0.2) is 34.6 Å². The third-order valence-electron chi connectivity index (χ3n) is 3.86. The van der Waals surface area contributed by atoms with Gasteiger partial charge in [-0.2, -0.15) is 0 Å². The highest BCUT2D eigenvalue weighted by atomic mass is 16.4. The van der Waals surface area contributed by atoms with Crippen molar-refractivity contribution < 1.29 is 14.7 Å². The first kappa shape index (κ1) is 16.0. The third-order valence-corrected chi connectivity index (χ3v) is 3.86. The second-order valence-corrected chi connectivity index (χ2v) is 5.46. The average Bonchev–Trinajstić information content (AvgIpc) is 2.54. The lowest BCUT2D eigenvalue weighted by molar-refractivity contribution is -0.142. The molecule has 22 heavy (non-hydrogen) atoms. The van der Waals surface area contributed by atoms with Gasteiger partial charge in [-0.1, -0.05) is 6.08 Å². The fourth-order valence-electron chi connectivity index (χ4n) is 2.57. The van der Waals surface area contributed by atoms with Gasteiger partial charge in [-0.3, -0.25) is 9.59 Å². The van der Waals surface area contributed by atoms with Gasteiger partial charge in [0.2, 0.25) is 0 Å². The molecule has 0 aliphatic heterocycles. The molecule has 0 spiro atoms. The predicted molar refractivity (Wildman–Crippen MR) is 83.8 cm³/mol. The molecule has 1 aromatic rings. The summed E-state index contributed by atoms with van der Waals surface area (Å²) in [7, 11) is 0. The summed E-state index contributed by atoms with van der Waals surface area (Å²) in [5, 5.41) is 15.0. The molecule has 0 unspecified atom stereocenters. The average molecular weight is 303 g/mol. The second-order valence-electron chi connectivity index (χ2n) is 5.46. The first-order valence-electron chi connectivity index (χ1n) is 7.44. The minimum atomic E-state index is -0.702. The number of hydrogen-bond donors (Lipinski definition) is 3. The van der Waals surface area contributed by atoms with Crippen LogP contribution in [0.3, 0.4) is 0 Å². The van der Waals surface area contributed by atoms with Gasteiger partial charge in [-0.25, -0.2) is 4.98 Å². The molecule has 0 aromatic carbocycles.